The van der Waals surface area contributed by atoms with E-state index in [9.17, 15) is 9.18 Å². The molecule has 128 valence electrons. The van der Waals surface area contributed by atoms with E-state index in [0.29, 0.717) is 12.2 Å². The van der Waals surface area contributed by atoms with Crippen molar-refractivity contribution in [3.63, 3.8) is 0 Å². The van der Waals surface area contributed by atoms with Gasteiger partial charge in [0.2, 0.25) is 0 Å². The Labute approximate surface area is 150 Å². The van der Waals surface area contributed by atoms with Gasteiger partial charge in [-0.3, -0.25) is 4.79 Å². The smallest absolute Gasteiger partial charge is 0.260 e. The molecule has 1 aromatic heterocycles. The maximum atomic E-state index is 14.0. The number of carbonyl (C=O) groups is 1. The Hall–Kier alpha value is -2.66. The van der Waals surface area contributed by atoms with Gasteiger partial charge in [-0.05, 0) is 37.1 Å². The molecule has 0 radical (unpaired) electrons. The zero-order valence-corrected chi connectivity index (χ0v) is 14.6. The van der Waals surface area contributed by atoms with Gasteiger partial charge in [-0.1, -0.05) is 48.0 Å². The van der Waals surface area contributed by atoms with Crippen LogP contribution in [0.25, 0.3) is 0 Å². The normalized spacial score (nSPS) is 10.7. The Morgan fingerprint density at radius 3 is 2.60 bits per heavy atom. The summed E-state index contributed by atoms with van der Waals surface area (Å²) in [6.45, 7) is 3.93. The molecule has 0 aliphatic carbocycles. The van der Waals surface area contributed by atoms with Gasteiger partial charge in [-0.25, -0.2) is 9.07 Å². The van der Waals surface area contributed by atoms with Gasteiger partial charge in [0, 0.05) is 0 Å². The van der Waals surface area contributed by atoms with Gasteiger partial charge in [0.1, 0.15) is 11.0 Å². The molecule has 0 spiro atoms. The monoisotopic (exact) mass is 357 g/mol. The molecule has 0 aliphatic rings. The van der Waals surface area contributed by atoms with Crippen molar-refractivity contribution in [1.29, 1.82) is 0 Å². The van der Waals surface area contributed by atoms with Crippen LogP contribution < -0.4 is 5.32 Å². The van der Waals surface area contributed by atoms with Gasteiger partial charge in [-0.2, -0.15) is 5.10 Å². The molecule has 0 aliphatic heterocycles. The van der Waals surface area contributed by atoms with Crippen molar-refractivity contribution in [2.75, 3.05) is 5.32 Å². The molecular weight excluding hydrogens is 341 g/mol. The zero-order valence-electron chi connectivity index (χ0n) is 13.9. The molecule has 1 N–H and O–H groups in total. The van der Waals surface area contributed by atoms with Crippen LogP contribution in [0.15, 0.2) is 48.5 Å². The number of nitrogens with zero attached hydrogens (tertiary/aromatic N) is 2. The third kappa shape index (κ3) is 3.72. The lowest BCUT2D eigenvalue weighted by Gasteiger charge is -2.07. The third-order valence-corrected chi connectivity index (χ3v) is 4.22. The van der Waals surface area contributed by atoms with Crippen LogP contribution in [-0.4, -0.2) is 15.7 Å². The number of hydrogen-bond donors (Lipinski definition) is 1. The first kappa shape index (κ1) is 17.2. The second-order valence-corrected chi connectivity index (χ2v) is 6.19. The average molecular weight is 358 g/mol. The van der Waals surface area contributed by atoms with Crippen LogP contribution >= 0.6 is 11.6 Å². The van der Waals surface area contributed by atoms with Crippen molar-refractivity contribution in [3.8, 4) is 0 Å². The van der Waals surface area contributed by atoms with Crippen molar-refractivity contribution in [1.82, 2.24) is 9.78 Å². The topological polar surface area (TPSA) is 46.9 Å². The van der Waals surface area contributed by atoms with Gasteiger partial charge in [0.05, 0.1) is 23.5 Å². The van der Waals surface area contributed by atoms with Gasteiger partial charge < -0.3 is 5.32 Å². The first-order chi connectivity index (χ1) is 12.0. The number of aryl methyl sites for hydroxylation is 2. The van der Waals surface area contributed by atoms with Gasteiger partial charge >= 0.3 is 0 Å². The fraction of sp³-hybridized carbons (Fsp3) is 0.158. The van der Waals surface area contributed by atoms with Crippen LogP contribution in [0.3, 0.4) is 0 Å². The predicted molar refractivity (Wildman–Crippen MR) is 96.6 cm³/mol. The predicted octanol–water partition coefficient (Wildman–Crippen LogP) is 4.59. The number of benzene rings is 2. The molecule has 25 heavy (non-hydrogen) atoms. The van der Waals surface area contributed by atoms with Gasteiger partial charge in [0.15, 0.2) is 0 Å². The average Bonchev–Trinajstić information content (AvgIpc) is 2.85. The lowest BCUT2D eigenvalue weighted by Crippen LogP contribution is -2.14. The first-order valence-corrected chi connectivity index (χ1v) is 8.18. The zero-order chi connectivity index (χ0) is 18.0. The van der Waals surface area contributed by atoms with Crippen LogP contribution in [0.4, 0.5) is 10.1 Å². The SMILES string of the molecule is Cc1ccc(NC(=O)c2c(C)nn(Cc3ccccc3)c2Cl)c(F)c1. The molecular formula is C19H17ClFN3O. The maximum absolute atomic E-state index is 14.0. The van der Waals surface area contributed by atoms with Crippen molar-refractivity contribution < 1.29 is 9.18 Å². The quantitative estimate of drug-likeness (QED) is 0.742. The molecule has 4 nitrogen and oxygen atoms in total. The van der Waals surface area contributed by atoms with Crippen LogP contribution in [0.1, 0.15) is 27.2 Å². The van der Waals surface area contributed by atoms with Crippen LogP contribution in [0, 0.1) is 19.7 Å². The highest BCUT2D eigenvalue weighted by Gasteiger charge is 2.21. The van der Waals surface area contributed by atoms with E-state index in [1.54, 1.807) is 24.6 Å². The molecule has 0 unspecified atom stereocenters. The molecule has 2 aromatic carbocycles. The fourth-order valence-electron chi connectivity index (χ4n) is 2.58. The number of aromatic nitrogens is 2. The summed E-state index contributed by atoms with van der Waals surface area (Å²) in [7, 11) is 0. The second kappa shape index (κ2) is 7.07. The highest BCUT2D eigenvalue weighted by atomic mass is 35.5. The van der Waals surface area contributed by atoms with E-state index in [4.69, 9.17) is 11.6 Å². The van der Waals surface area contributed by atoms with E-state index in [1.165, 1.54) is 12.1 Å². The Bertz CT molecular complexity index is 922. The first-order valence-electron chi connectivity index (χ1n) is 7.80. The second-order valence-electron chi connectivity index (χ2n) is 5.83. The standard InChI is InChI=1S/C19H17ClFN3O/c1-12-8-9-16(15(21)10-12)22-19(25)17-13(2)23-24(18(17)20)11-14-6-4-3-5-7-14/h3-10H,11H2,1-2H3,(H,22,25). The minimum absolute atomic E-state index is 0.113. The third-order valence-electron chi connectivity index (χ3n) is 3.84. The lowest BCUT2D eigenvalue weighted by molar-refractivity contribution is 0.102. The van der Waals surface area contributed by atoms with E-state index in [0.717, 1.165) is 11.1 Å². The van der Waals surface area contributed by atoms with Gasteiger partial charge in [0.25, 0.3) is 5.91 Å². The molecule has 0 fully saturated rings. The summed E-state index contributed by atoms with van der Waals surface area (Å²) in [6.07, 6.45) is 0. The maximum Gasteiger partial charge on any atom is 0.260 e. The Morgan fingerprint density at radius 2 is 1.92 bits per heavy atom. The Morgan fingerprint density at radius 1 is 1.20 bits per heavy atom. The summed E-state index contributed by atoms with van der Waals surface area (Å²) in [5.74, 6) is -0.969. The molecule has 3 rings (SSSR count). The van der Waals surface area contributed by atoms with E-state index in [1.807, 2.05) is 30.3 Å². The van der Waals surface area contributed by atoms with Crippen molar-refractivity contribution in [2.24, 2.45) is 0 Å². The van der Waals surface area contributed by atoms with Crippen LogP contribution in [-0.2, 0) is 6.54 Å². The highest BCUT2D eigenvalue weighted by molar-refractivity contribution is 6.33. The summed E-state index contributed by atoms with van der Waals surface area (Å²) in [5, 5.41) is 7.12. The van der Waals surface area contributed by atoms with Gasteiger partial charge in [-0.15, -0.1) is 0 Å². The molecule has 3 aromatic rings. The molecule has 6 heteroatoms. The number of halogens is 2. The molecule has 0 saturated carbocycles. The molecule has 0 saturated heterocycles. The Kier molecular flexibility index (Phi) is 4.86. The summed E-state index contributed by atoms with van der Waals surface area (Å²) >= 11 is 6.35. The number of amides is 1. The number of carbonyl (C=O) groups excluding carboxylic acids is 1. The fourth-order valence-corrected chi connectivity index (χ4v) is 2.90. The van der Waals surface area contributed by atoms with Crippen LogP contribution in [0.2, 0.25) is 5.15 Å². The largest absolute Gasteiger partial charge is 0.319 e. The van der Waals surface area contributed by atoms with Crippen molar-refractivity contribution >= 4 is 23.2 Å². The minimum atomic E-state index is -0.487. The van der Waals surface area contributed by atoms with E-state index < -0.39 is 11.7 Å². The van der Waals surface area contributed by atoms with E-state index >= 15 is 0 Å². The molecule has 0 bridgehead atoms. The highest BCUT2D eigenvalue weighted by Crippen LogP contribution is 2.23. The molecule has 1 amide bonds. The molecule has 1 heterocycles. The summed E-state index contributed by atoms with van der Waals surface area (Å²) in [5.41, 5.74) is 2.65. The van der Waals surface area contributed by atoms with E-state index in [-0.39, 0.29) is 16.4 Å². The van der Waals surface area contributed by atoms with Crippen LogP contribution in [0.5, 0.6) is 0 Å². The number of rotatable bonds is 4. The van der Waals surface area contributed by atoms with Crippen molar-refractivity contribution in [3.05, 3.63) is 81.9 Å². The van der Waals surface area contributed by atoms with E-state index in [2.05, 4.69) is 10.4 Å². The summed E-state index contributed by atoms with van der Waals surface area (Å²) in [4.78, 5) is 12.5. The number of hydrogen-bond acceptors (Lipinski definition) is 2. The summed E-state index contributed by atoms with van der Waals surface area (Å²) < 4.78 is 15.5. The number of nitrogens with one attached hydrogen (secondary N) is 1. The summed E-state index contributed by atoms with van der Waals surface area (Å²) in [6, 6.07) is 14.3. The number of anilines is 1. The lowest BCUT2D eigenvalue weighted by atomic mass is 10.2. The Balaban J connectivity index is 1.85. The molecule has 0 atom stereocenters. The minimum Gasteiger partial charge on any atom is -0.319 e. The van der Waals surface area contributed by atoms with Crippen molar-refractivity contribution in [2.45, 2.75) is 20.4 Å².